The average Bonchev–Trinajstić information content (AvgIpc) is 2.12. The number of benzene rings is 1. The van der Waals surface area contributed by atoms with Crippen LogP contribution in [-0.2, 0) is 4.74 Å². The molecule has 0 spiro atoms. The lowest BCUT2D eigenvalue weighted by Crippen LogP contribution is -2.25. The van der Waals surface area contributed by atoms with Crippen molar-refractivity contribution in [3.63, 3.8) is 0 Å². The fourth-order valence-corrected chi connectivity index (χ4v) is 1.81. The van der Waals surface area contributed by atoms with Gasteiger partial charge in [0.1, 0.15) is 0 Å². The highest BCUT2D eigenvalue weighted by molar-refractivity contribution is 5.85. The number of ether oxygens (including phenoxy) is 1. The van der Waals surface area contributed by atoms with Crippen LogP contribution in [0.25, 0.3) is 0 Å². The van der Waals surface area contributed by atoms with Crippen LogP contribution in [-0.4, -0.2) is 6.61 Å². The predicted molar refractivity (Wildman–Crippen MR) is 59.7 cm³/mol. The molecule has 0 aromatic heterocycles. The van der Waals surface area contributed by atoms with Crippen LogP contribution in [0.4, 0.5) is 0 Å². The number of hydrogen-bond acceptors (Lipinski definition) is 2. The van der Waals surface area contributed by atoms with Gasteiger partial charge in [0, 0.05) is 0 Å². The Kier molecular flexibility index (Phi) is 3.53. The van der Waals surface area contributed by atoms with Gasteiger partial charge in [0.25, 0.3) is 0 Å². The zero-order valence-corrected chi connectivity index (χ0v) is 9.30. The molecule has 0 saturated carbocycles. The van der Waals surface area contributed by atoms with E-state index in [0.717, 1.165) is 0 Å². The summed E-state index contributed by atoms with van der Waals surface area (Å²) in [5.41, 5.74) is 9.71. The Morgan fingerprint density at radius 3 is 2.79 bits per heavy atom. The van der Waals surface area contributed by atoms with Gasteiger partial charge in [-0.1, -0.05) is 23.8 Å². The van der Waals surface area contributed by atoms with Crippen molar-refractivity contribution in [2.45, 2.75) is 26.0 Å². The van der Waals surface area contributed by atoms with Crippen LogP contribution in [0.5, 0.6) is 0 Å². The standard InChI is InChI=1S/C11H15NO.ClH/c1-7-3-4-9-8(2)13-6-11(12)10(9)5-7;/h3-5,8,11H,6,12H2,1-2H3;1H/t8-,11+;/m0./s1. The molecule has 0 unspecified atom stereocenters. The number of rotatable bonds is 0. The molecular weight excluding hydrogens is 198 g/mol. The number of aryl methyl sites for hydroxylation is 1. The molecule has 1 aliphatic rings. The van der Waals surface area contributed by atoms with Crippen LogP contribution in [0.1, 0.15) is 35.8 Å². The molecule has 1 aliphatic heterocycles. The molecule has 1 aromatic rings. The monoisotopic (exact) mass is 213 g/mol. The van der Waals surface area contributed by atoms with E-state index in [1.54, 1.807) is 0 Å². The van der Waals surface area contributed by atoms with E-state index in [-0.39, 0.29) is 24.6 Å². The van der Waals surface area contributed by atoms with E-state index in [1.807, 2.05) is 0 Å². The minimum atomic E-state index is 0. The lowest BCUT2D eigenvalue weighted by Gasteiger charge is -2.28. The summed E-state index contributed by atoms with van der Waals surface area (Å²) < 4.78 is 5.53. The maximum Gasteiger partial charge on any atom is 0.0801 e. The van der Waals surface area contributed by atoms with E-state index >= 15 is 0 Å². The average molecular weight is 214 g/mol. The summed E-state index contributed by atoms with van der Waals surface area (Å²) in [7, 11) is 0. The maximum absolute atomic E-state index is 5.95. The Morgan fingerprint density at radius 1 is 1.36 bits per heavy atom. The zero-order valence-electron chi connectivity index (χ0n) is 8.49. The first-order valence-corrected chi connectivity index (χ1v) is 4.66. The zero-order chi connectivity index (χ0) is 9.42. The van der Waals surface area contributed by atoms with E-state index in [9.17, 15) is 0 Å². The van der Waals surface area contributed by atoms with Gasteiger partial charge in [0.15, 0.2) is 0 Å². The molecule has 2 rings (SSSR count). The summed E-state index contributed by atoms with van der Waals surface area (Å²) in [4.78, 5) is 0. The summed E-state index contributed by atoms with van der Waals surface area (Å²) in [5.74, 6) is 0. The van der Waals surface area contributed by atoms with Gasteiger partial charge >= 0.3 is 0 Å². The van der Waals surface area contributed by atoms with Gasteiger partial charge in [-0.15, -0.1) is 12.4 Å². The summed E-state index contributed by atoms with van der Waals surface area (Å²) in [6, 6.07) is 6.44. The van der Waals surface area contributed by atoms with Crippen molar-refractivity contribution >= 4 is 12.4 Å². The van der Waals surface area contributed by atoms with Crippen LogP contribution in [0, 0.1) is 6.92 Å². The van der Waals surface area contributed by atoms with Crippen molar-refractivity contribution in [2.24, 2.45) is 5.73 Å². The summed E-state index contributed by atoms with van der Waals surface area (Å²) >= 11 is 0. The SMILES string of the molecule is Cc1ccc2c(c1)[C@H](N)CO[C@H]2C.Cl. The first-order valence-electron chi connectivity index (χ1n) is 4.66. The van der Waals surface area contributed by atoms with E-state index in [0.29, 0.717) is 6.61 Å². The normalized spacial score (nSPS) is 25.1. The van der Waals surface area contributed by atoms with E-state index < -0.39 is 0 Å². The number of halogens is 1. The fourth-order valence-electron chi connectivity index (χ4n) is 1.81. The highest BCUT2D eigenvalue weighted by atomic mass is 35.5. The van der Waals surface area contributed by atoms with Crippen LogP contribution in [0.2, 0.25) is 0 Å². The third-order valence-corrected chi connectivity index (χ3v) is 2.61. The van der Waals surface area contributed by atoms with Crippen molar-refractivity contribution in [3.05, 3.63) is 34.9 Å². The van der Waals surface area contributed by atoms with Crippen molar-refractivity contribution in [3.8, 4) is 0 Å². The third-order valence-electron chi connectivity index (χ3n) is 2.61. The Morgan fingerprint density at radius 2 is 2.07 bits per heavy atom. The number of hydrogen-bond donors (Lipinski definition) is 1. The quantitative estimate of drug-likeness (QED) is 0.719. The topological polar surface area (TPSA) is 35.2 Å². The van der Waals surface area contributed by atoms with Crippen molar-refractivity contribution in [1.29, 1.82) is 0 Å². The third kappa shape index (κ3) is 1.92. The Bertz CT molecular complexity index is 327. The van der Waals surface area contributed by atoms with E-state index in [4.69, 9.17) is 10.5 Å². The molecule has 0 bridgehead atoms. The Labute approximate surface area is 90.9 Å². The van der Waals surface area contributed by atoms with Gasteiger partial charge in [-0.2, -0.15) is 0 Å². The summed E-state index contributed by atoms with van der Waals surface area (Å²) in [6.45, 7) is 4.80. The second-order valence-electron chi connectivity index (χ2n) is 3.71. The minimum Gasteiger partial charge on any atom is -0.372 e. The first-order chi connectivity index (χ1) is 6.18. The molecule has 0 saturated heterocycles. The molecule has 0 fully saturated rings. The molecule has 0 amide bonds. The Hall–Kier alpha value is -0.570. The van der Waals surface area contributed by atoms with Gasteiger partial charge in [0.05, 0.1) is 18.8 Å². The van der Waals surface area contributed by atoms with Crippen LogP contribution in [0.15, 0.2) is 18.2 Å². The first kappa shape index (κ1) is 11.5. The van der Waals surface area contributed by atoms with Crippen molar-refractivity contribution in [1.82, 2.24) is 0 Å². The van der Waals surface area contributed by atoms with Gasteiger partial charge in [-0.3, -0.25) is 0 Å². The lowest BCUT2D eigenvalue weighted by atomic mass is 9.94. The molecule has 0 aliphatic carbocycles. The predicted octanol–water partition coefficient (Wildman–Crippen LogP) is 2.51. The van der Waals surface area contributed by atoms with Crippen molar-refractivity contribution < 1.29 is 4.74 Å². The fraction of sp³-hybridized carbons (Fsp3) is 0.455. The van der Waals surface area contributed by atoms with Crippen LogP contribution >= 0.6 is 12.4 Å². The molecule has 2 nitrogen and oxygen atoms in total. The lowest BCUT2D eigenvalue weighted by molar-refractivity contribution is 0.0407. The minimum absolute atomic E-state index is 0. The van der Waals surface area contributed by atoms with Crippen LogP contribution in [0.3, 0.4) is 0 Å². The highest BCUT2D eigenvalue weighted by Crippen LogP contribution is 2.31. The number of nitrogens with two attached hydrogens (primary N) is 1. The van der Waals surface area contributed by atoms with Gasteiger partial charge in [-0.05, 0) is 25.0 Å². The molecule has 1 aromatic carbocycles. The molecule has 0 radical (unpaired) electrons. The molecule has 14 heavy (non-hydrogen) atoms. The molecular formula is C11H16ClNO. The Balaban J connectivity index is 0.000000980. The molecule has 2 N–H and O–H groups in total. The van der Waals surface area contributed by atoms with E-state index in [2.05, 4.69) is 32.0 Å². The molecule has 1 heterocycles. The second kappa shape index (κ2) is 4.30. The van der Waals surface area contributed by atoms with Gasteiger partial charge in [0.2, 0.25) is 0 Å². The number of fused-ring (bicyclic) bond motifs is 1. The van der Waals surface area contributed by atoms with Crippen LogP contribution < -0.4 is 5.73 Å². The largest absolute Gasteiger partial charge is 0.372 e. The molecule has 78 valence electrons. The second-order valence-corrected chi connectivity index (χ2v) is 3.71. The molecule has 3 heteroatoms. The summed E-state index contributed by atoms with van der Waals surface area (Å²) in [6.07, 6.45) is 0.190. The highest BCUT2D eigenvalue weighted by Gasteiger charge is 2.22. The van der Waals surface area contributed by atoms with Gasteiger partial charge < -0.3 is 10.5 Å². The smallest absolute Gasteiger partial charge is 0.0801 e. The summed E-state index contributed by atoms with van der Waals surface area (Å²) in [5, 5.41) is 0. The maximum atomic E-state index is 5.95. The molecule has 2 atom stereocenters. The van der Waals surface area contributed by atoms with Crippen molar-refractivity contribution in [2.75, 3.05) is 6.61 Å². The van der Waals surface area contributed by atoms with Gasteiger partial charge in [-0.25, -0.2) is 0 Å². The van der Waals surface area contributed by atoms with E-state index in [1.165, 1.54) is 16.7 Å².